The molecule has 0 atom stereocenters. The van der Waals surface area contributed by atoms with Gasteiger partial charge in [-0.05, 0) is 50.0 Å². The van der Waals surface area contributed by atoms with Gasteiger partial charge in [0.05, 0.1) is 46.7 Å². The van der Waals surface area contributed by atoms with Crippen LogP contribution in [0.4, 0.5) is 8.78 Å². The van der Waals surface area contributed by atoms with E-state index in [0.29, 0.717) is 6.54 Å². The zero-order chi connectivity index (χ0) is 31.4. The van der Waals surface area contributed by atoms with Crippen LogP contribution >= 0.6 is 0 Å². The van der Waals surface area contributed by atoms with Crippen LogP contribution in [0.25, 0.3) is 43.9 Å². The minimum Gasteiger partial charge on any atom is -0.463 e. The summed E-state index contributed by atoms with van der Waals surface area (Å²) >= 11 is 0. The summed E-state index contributed by atoms with van der Waals surface area (Å²) in [5.41, 5.74) is -2.10. The van der Waals surface area contributed by atoms with Crippen molar-refractivity contribution in [1.82, 2.24) is 24.4 Å². The molecule has 0 saturated carbocycles. The Labute approximate surface area is 234 Å². The molecule has 10 nitrogen and oxygen atoms in total. The molecule has 2 aromatic carbocycles. The molecular formula is C29H23F2N5O5. The van der Waals surface area contributed by atoms with E-state index in [1.807, 2.05) is 0 Å². The van der Waals surface area contributed by atoms with Crippen molar-refractivity contribution in [3.63, 3.8) is 0 Å². The van der Waals surface area contributed by atoms with E-state index in [0.717, 1.165) is 30.5 Å². The summed E-state index contributed by atoms with van der Waals surface area (Å²) in [4.78, 5) is 50.4. The number of hydrogen-bond donors (Lipinski definition) is 2. The molecule has 4 heterocycles. The molecule has 41 heavy (non-hydrogen) atoms. The molecule has 6 rings (SSSR count). The molecule has 4 aromatic heterocycles. The third kappa shape index (κ3) is 4.47. The largest absolute Gasteiger partial charge is 0.463 e. The number of furan rings is 1. The number of nitrogens with zero attached hydrogens (tertiary/aromatic N) is 3. The predicted octanol–water partition coefficient (Wildman–Crippen LogP) is 4.02. The van der Waals surface area contributed by atoms with Gasteiger partial charge < -0.3 is 28.6 Å². The summed E-state index contributed by atoms with van der Waals surface area (Å²) in [7, 11) is 3.54. The van der Waals surface area contributed by atoms with Crippen LogP contribution in [-0.4, -0.2) is 57.6 Å². The van der Waals surface area contributed by atoms with Crippen molar-refractivity contribution in [1.29, 1.82) is 0 Å². The number of carbonyl (C=O) groups excluding carboxylic acids is 1. The molecule has 0 aliphatic carbocycles. The van der Waals surface area contributed by atoms with Crippen LogP contribution in [0.3, 0.4) is 0 Å². The number of ether oxygens (including phenoxy) is 1. The van der Waals surface area contributed by atoms with E-state index < -0.39 is 41.6 Å². The molecule has 0 unspecified atom stereocenters. The molecule has 6 aromatic rings. The summed E-state index contributed by atoms with van der Waals surface area (Å²) in [6.45, 7) is -0.140. The van der Waals surface area contributed by atoms with Crippen molar-refractivity contribution >= 4 is 38.7 Å². The third-order valence-electron chi connectivity index (χ3n) is 6.72. The molecule has 2 N–H and O–H groups in total. The summed E-state index contributed by atoms with van der Waals surface area (Å²) in [6, 6.07) is 5.38. The topological polar surface area (TPSA) is 126 Å². The van der Waals surface area contributed by atoms with Crippen molar-refractivity contribution in [2.45, 2.75) is 6.54 Å². The summed E-state index contributed by atoms with van der Waals surface area (Å²) in [5, 5.41) is -0.0971. The van der Waals surface area contributed by atoms with Gasteiger partial charge in [-0.1, -0.05) is 0 Å². The maximum atomic E-state index is 15.5. The zero-order valence-electron chi connectivity index (χ0n) is 24.7. The van der Waals surface area contributed by atoms with E-state index >= 15 is 4.39 Å². The van der Waals surface area contributed by atoms with Crippen LogP contribution in [0, 0.1) is 11.6 Å². The standard InChI is InChI=1S/C29H23F2N5O5/c1-35(2)7-9-41-29(39)25-23(18-4-3-6-32-27(18)37)24-21(12-19(31)17-5-8-40-26(17)24)36(25)13-15-10-16(30)11-20-22(15)28(38)34-14-33-20/h3-6,8,10-12,14H,7,9,13H2,1-2H3,(H,32,37)(H,33,34,38)/i3D,8D,14D. The van der Waals surface area contributed by atoms with Crippen LogP contribution in [-0.2, 0) is 11.3 Å². The molecule has 208 valence electrons. The van der Waals surface area contributed by atoms with Gasteiger partial charge in [0.25, 0.3) is 11.1 Å². The van der Waals surface area contributed by atoms with Crippen molar-refractivity contribution in [2.75, 3.05) is 27.2 Å². The Balaban J connectivity index is 1.75. The number of H-pyrrole nitrogens is 2. The van der Waals surface area contributed by atoms with Gasteiger partial charge in [-0.25, -0.2) is 18.6 Å². The van der Waals surface area contributed by atoms with Gasteiger partial charge in [0.2, 0.25) is 0 Å². The van der Waals surface area contributed by atoms with Crippen LogP contribution in [0.1, 0.15) is 20.2 Å². The Hall–Kier alpha value is -5.10. The Bertz CT molecular complexity index is 2250. The first-order chi connectivity index (χ1) is 20.9. The van der Waals surface area contributed by atoms with Gasteiger partial charge in [-0.2, -0.15) is 0 Å². The second-order valence-electron chi connectivity index (χ2n) is 9.59. The first-order valence-corrected chi connectivity index (χ1v) is 12.4. The average Bonchev–Trinajstić information content (AvgIpc) is 3.47. The number of hydrogen-bond acceptors (Lipinski definition) is 7. The third-order valence-corrected chi connectivity index (χ3v) is 6.72. The Morgan fingerprint density at radius 3 is 2.78 bits per heavy atom. The van der Waals surface area contributed by atoms with Gasteiger partial charge >= 0.3 is 5.97 Å². The number of pyridine rings is 1. The Kier molecular flexibility index (Phi) is 5.61. The fourth-order valence-corrected chi connectivity index (χ4v) is 4.93. The van der Waals surface area contributed by atoms with E-state index in [9.17, 15) is 18.8 Å². The molecule has 0 saturated heterocycles. The van der Waals surface area contributed by atoms with Crippen molar-refractivity contribution in [3.05, 3.63) is 98.7 Å². The van der Waals surface area contributed by atoms with Gasteiger partial charge in [-0.15, -0.1) is 0 Å². The van der Waals surface area contributed by atoms with E-state index in [1.54, 1.807) is 19.0 Å². The lowest BCUT2D eigenvalue weighted by Crippen LogP contribution is -2.22. The van der Waals surface area contributed by atoms with Crippen molar-refractivity contribution < 1.29 is 26.8 Å². The molecule has 0 aliphatic heterocycles. The van der Waals surface area contributed by atoms with Crippen molar-refractivity contribution in [2.24, 2.45) is 0 Å². The minimum absolute atomic E-state index is 0.00704. The fourth-order valence-electron chi connectivity index (χ4n) is 4.93. The molecule has 0 spiro atoms. The zero-order valence-corrected chi connectivity index (χ0v) is 21.7. The number of carbonyl (C=O) groups is 1. The molecule has 0 fully saturated rings. The first-order valence-electron chi connectivity index (χ1n) is 13.9. The second-order valence-corrected chi connectivity index (χ2v) is 9.59. The van der Waals surface area contributed by atoms with Gasteiger partial charge in [0.1, 0.15) is 32.3 Å². The molecule has 0 amide bonds. The SMILES string of the molecule is [2H]c1c[nH]c(=O)c(-c2c(C(=O)OCCN(C)C)n(Cc3cc(F)cc4nc([2H])[nH]c(=O)c34)c3cc(F)c4cc([2H])oc4c23)c1. The number of benzene rings is 2. The number of fused-ring (bicyclic) bond motifs is 4. The lowest BCUT2D eigenvalue weighted by molar-refractivity contribution is 0.0471. The second kappa shape index (κ2) is 10.1. The number of aromatic amines is 2. The first kappa shape index (κ1) is 22.7. The predicted molar refractivity (Wildman–Crippen MR) is 148 cm³/mol. The monoisotopic (exact) mass is 562 g/mol. The molecular weight excluding hydrogens is 536 g/mol. The molecule has 0 bridgehead atoms. The molecule has 12 heteroatoms. The van der Waals surface area contributed by atoms with Crippen LogP contribution in [0.15, 0.2) is 69.1 Å². The summed E-state index contributed by atoms with van der Waals surface area (Å²) < 4.78 is 66.7. The number of aromatic nitrogens is 4. The van der Waals surface area contributed by atoms with E-state index in [2.05, 4.69) is 15.0 Å². The number of halogens is 2. The smallest absolute Gasteiger partial charge is 0.355 e. The Morgan fingerprint density at radius 1 is 1.15 bits per heavy atom. The highest BCUT2D eigenvalue weighted by Gasteiger charge is 2.30. The van der Waals surface area contributed by atoms with Gasteiger partial charge in [0, 0.05) is 30.9 Å². The fraction of sp³-hybridized carbons (Fsp3) is 0.172. The average molecular weight is 563 g/mol. The summed E-state index contributed by atoms with van der Waals surface area (Å²) in [5.74, 6) is -2.52. The van der Waals surface area contributed by atoms with Gasteiger partial charge in [0.15, 0.2) is 0 Å². The minimum atomic E-state index is -0.930. The number of rotatable bonds is 7. The number of esters is 1. The number of nitrogens with one attached hydrogen (secondary N) is 2. The summed E-state index contributed by atoms with van der Waals surface area (Å²) in [6.07, 6.45) is 0.285. The lowest BCUT2D eigenvalue weighted by Gasteiger charge is -2.15. The van der Waals surface area contributed by atoms with E-state index in [4.69, 9.17) is 13.3 Å². The maximum absolute atomic E-state index is 15.5. The highest BCUT2D eigenvalue weighted by Crippen LogP contribution is 2.40. The van der Waals surface area contributed by atoms with Gasteiger partial charge in [-0.3, -0.25) is 9.59 Å². The van der Waals surface area contributed by atoms with E-state index in [1.165, 1.54) is 10.6 Å². The maximum Gasteiger partial charge on any atom is 0.355 e. The highest BCUT2D eigenvalue weighted by atomic mass is 19.1. The lowest BCUT2D eigenvalue weighted by atomic mass is 10.0. The quantitative estimate of drug-likeness (QED) is 0.282. The highest BCUT2D eigenvalue weighted by molar-refractivity contribution is 6.17. The van der Waals surface area contributed by atoms with E-state index in [-0.39, 0.29) is 74.0 Å². The Morgan fingerprint density at radius 2 is 1.98 bits per heavy atom. The van der Waals surface area contributed by atoms with Crippen molar-refractivity contribution in [3.8, 4) is 11.1 Å². The normalized spacial score (nSPS) is 12.8. The van der Waals surface area contributed by atoms with Crippen LogP contribution in [0.5, 0.6) is 0 Å². The van der Waals surface area contributed by atoms with Crippen LogP contribution < -0.4 is 11.1 Å². The molecule has 0 radical (unpaired) electrons. The molecule has 0 aliphatic rings. The number of likely N-dealkylation sites (N-methyl/N-ethyl adjacent to an activating group) is 1. The van der Waals surface area contributed by atoms with Crippen LogP contribution in [0.2, 0.25) is 0 Å².